The molecular formula is C14H15N3O4. The molecule has 3 rings (SSSR count). The molecule has 1 saturated heterocycles. The first-order valence-electron chi connectivity index (χ1n) is 6.63. The van der Waals surface area contributed by atoms with Gasteiger partial charge in [-0.05, 0) is 19.1 Å². The third-order valence-corrected chi connectivity index (χ3v) is 3.14. The summed E-state index contributed by atoms with van der Waals surface area (Å²) >= 11 is 0. The van der Waals surface area contributed by atoms with Crippen LogP contribution in [0.4, 0.5) is 5.69 Å². The zero-order valence-electron chi connectivity index (χ0n) is 11.5. The molecule has 0 bridgehead atoms. The van der Waals surface area contributed by atoms with Gasteiger partial charge in [0.25, 0.3) is 0 Å². The van der Waals surface area contributed by atoms with E-state index in [4.69, 9.17) is 9.47 Å². The fourth-order valence-electron chi connectivity index (χ4n) is 2.08. The normalized spacial score (nSPS) is 15.3. The highest BCUT2D eigenvalue weighted by Crippen LogP contribution is 2.25. The molecule has 0 spiro atoms. The van der Waals surface area contributed by atoms with Crippen LogP contribution in [-0.4, -0.2) is 29.4 Å². The van der Waals surface area contributed by atoms with Crippen molar-refractivity contribution in [2.24, 2.45) is 0 Å². The van der Waals surface area contributed by atoms with E-state index in [1.807, 2.05) is 24.3 Å². The molecular weight excluding hydrogens is 274 g/mol. The zero-order chi connectivity index (χ0) is 14.7. The highest BCUT2D eigenvalue weighted by Gasteiger charge is 2.18. The SMILES string of the molecule is Cc1nonc1CC(=O)Nc1cccc(C2OCCO2)c1. The molecule has 2 aromatic rings. The van der Waals surface area contributed by atoms with Crippen molar-refractivity contribution in [1.29, 1.82) is 0 Å². The number of carbonyl (C=O) groups excluding carboxylic acids is 1. The van der Waals surface area contributed by atoms with Gasteiger partial charge in [-0.1, -0.05) is 22.4 Å². The van der Waals surface area contributed by atoms with Crippen LogP contribution in [0, 0.1) is 6.92 Å². The second-order valence-corrected chi connectivity index (χ2v) is 4.72. The first-order valence-corrected chi connectivity index (χ1v) is 6.63. The first kappa shape index (κ1) is 13.7. The lowest BCUT2D eigenvalue weighted by molar-refractivity contribution is -0.115. The molecule has 0 atom stereocenters. The minimum absolute atomic E-state index is 0.121. The summed E-state index contributed by atoms with van der Waals surface area (Å²) in [5.41, 5.74) is 2.72. The highest BCUT2D eigenvalue weighted by molar-refractivity contribution is 5.92. The van der Waals surface area contributed by atoms with Gasteiger partial charge in [0, 0.05) is 11.3 Å². The number of hydrogen-bond acceptors (Lipinski definition) is 6. The van der Waals surface area contributed by atoms with Crippen LogP contribution in [0.15, 0.2) is 28.9 Å². The summed E-state index contributed by atoms with van der Waals surface area (Å²) < 4.78 is 15.4. The fraction of sp³-hybridized carbons (Fsp3) is 0.357. The minimum Gasteiger partial charge on any atom is -0.346 e. The number of anilines is 1. The number of hydrogen-bond donors (Lipinski definition) is 1. The molecule has 21 heavy (non-hydrogen) atoms. The van der Waals surface area contributed by atoms with Gasteiger partial charge in [0.15, 0.2) is 6.29 Å². The summed E-state index contributed by atoms with van der Waals surface area (Å²) in [7, 11) is 0. The van der Waals surface area contributed by atoms with E-state index in [9.17, 15) is 4.79 Å². The van der Waals surface area contributed by atoms with Gasteiger partial charge >= 0.3 is 0 Å². The smallest absolute Gasteiger partial charge is 0.230 e. The second kappa shape index (κ2) is 6.02. The Morgan fingerprint density at radius 3 is 2.86 bits per heavy atom. The third-order valence-electron chi connectivity index (χ3n) is 3.14. The van der Waals surface area contributed by atoms with Crippen molar-refractivity contribution in [3.8, 4) is 0 Å². The maximum Gasteiger partial charge on any atom is 0.230 e. The number of nitrogens with zero attached hydrogens (tertiary/aromatic N) is 2. The molecule has 1 aliphatic heterocycles. The molecule has 0 radical (unpaired) electrons. The number of ether oxygens (including phenoxy) is 2. The Hall–Kier alpha value is -2.25. The van der Waals surface area contributed by atoms with E-state index in [0.717, 1.165) is 5.56 Å². The number of aromatic nitrogens is 2. The van der Waals surface area contributed by atoms with Crippen molar-refractivity contribution in [2.75, 3.05) is 18.5 Å². The van der Waals surface area contributed by atoms with Gasteiger partial charge in [0.05, 0.1) is 19.6 Å². The van der Waals surface area contributed by atoms with E-state index >= 15 is 0 Å². The van der Waals surface area contributed by atoms with Crippen molar-refractivity contribution >= 4 is 11.6 Å². The molecule has 0 aliphatic carbocycles. The van der Waals surface area contributed by atoms with Gasteiger partial charge in [-0.3, -0.25) is 4.79 Å². The Morgan fingerprint density at radius 1 is 1.33 bits per heavy atom. The van der Waals surface area contributed by atoms with Crippen molar-refractivity contribution in [1.82, 2.24) is 10.3 Å². The minimum atomic E-state index is -0.358. The molecule has 7 nitrogen and oxygen atoms in total. The number of nitrogens with one attached hydrogen (secondary N) is 1. The number of amides is 1. The van der Waals surface area contributed by atoms with E-state index in [2.05, 4.69) is 20.3 Å². The molecule has 1 aromatic carbocycles. The molecule has 1 N–H and O–H groups in total. The predicted octanol–water partition coefficient (Wildman–Crippen LogP) is 1.60. The van der Waals surface area contributed by atoms with E-state index in [0.29, 0.717) is 30.3 Å². The summed E-state index contributed by atoms with van der Waals surface area (Å²) in [6.07, 6.45) is -0.237. The molecule has 110 valence electrons. The van der Waals surface area contributed by atoms with Gasteiger partial charge in [0.2, 0.25) is 5.91 Å². The number of rotatable bonds is 4. The van der Waals surface area contributed by atoms with Crippen LogP contribution >= 0.6 is 0 Å². The van der Waals surface area contributed by atoms with E-state index in [1.165, 1.54) is 0 Å². The zero-order valence-corrected chi connectivity index (χ0v) is 11.5. The molecule has 0 saturated carbocycles. The third kappa shape index (κ3) is 3.26. The Balaban J connectivity index is 1.65. The van der Waals surface area contributed by atoms with Gasteiger partial charge in [-0.15, -0.1) is 0 Å². The Labute approximate surface area is 121 Å². The lowest BCUT2D eigenvalue weighted by Crippen LogP contribution is -2.15. The van der Waals surface area contributed by atoms with Crippen LogP contribution in [0.5, 0.6) is 0 Å². The molecule has 2 heterocycles. The van der Waals surface area contributed by atoms with Crippen LogP contribution in [0.2, 0.25) is 0 Å². The average Bonchev–Trinajstić information content (AvgIpc) is 3.12. The van der Waals surface area contributed by atoms with Gasteiger partial charge in [-0.2, -0.15) is 0 Å². The highest BCUT2D eigenvalue weighted by atomic mass is 16.7. The summed E-state index contributed by atoms with van der Waals surface area (Å²) in [5.74, 6) is -0.181. The Kier molecular flexibility index (Phi) is 3.94. The second-order valence-electron chi connectivity index (χ2n) is 4.72. The number of benzene rings is 1. The van der Waals surface area contributed by atoms with Crippen LogP contribution < -0.4 is 5.32 Å². The van der Waals surface area contributed by atoms with Crippen molar-refractivity contribution < 1.29 is 18.9 Å². The summed E-state index contributed by atoms with van der Waals surface area (Å²) in [6, 6.07) is 7.39. The largest absolute Gasteiger partial charge is 0.346 e. The van der Waals surface area contributed by atoms with E-state index in [1.54, 1.807) is 6.92 Å². The summed E-state index contributed by atoms with van der Waals surface area (Å²) in [4.78, 5) is 12.0. The van der Waals surface area contributed by atoms with Crippen molar-refractivity contribution in [2.45, 2.75) is 19.6 Å². The topological polar surface area (TPSA) is 86.5 Å². The molecule has 1 fully saturated rings. The van der Waals surface area contributed by atoms with Crippen LogP contribution in [0.1, 0.15) is 23.2 Å². The number of aryl methyl sites for hydroxylation is 1. The maximum absolute atomic E-state index is 12.0. The lowest BCUT2D eigenvalue weighted by Gasteiger charge is -2.11. The monoisotopic (exact) mass is 289 g/mol. The van der Waals surface area contributed by atoms with Crippen molar-refractivity contribution in [3.05, 3.63) is 41.2 Å². The van der Waals surface area contributed by atoms with E-state index in [-0.39, 0.29) is 18.6 Å². The molecule has 1 aliphatic rings. The van der Waals surface area contributed by atoms with Crippen LogP contribution in [0.25, 0.3) is 0 Å². The quantitative estimate of drug-likeness (QED) is 0.920. The average molecular weight is 289 g/mol. The van der Waals surface area contributed by atoms with Gasteiger partial charge in [-0.25, -0.2) is 4.63 Å². The Bertz CT molecular complexity index is 635. The predicted molar refractivity (Wildman–Crippen MR) is 72.5 cm³/mol. The molecule has 1 amide bonds. The lowest BCUT2D eigenvalue weighted by atomic mass is 10.2. The van der Waals surface area contributed by atoms with Gasteiger partial charge < -0.3 is 14.8 Å². The first-order chi connectivity index (χ1) is 10.2. The van der Waals surface area contributed by atoms with E-state index < -0.39 is 0 Å². The fourth-order valence-corrected chi connectivity index (χ4v) is 2.08. The summed E-state index contributed by atoms with van der Waals surface area (Å²) in [6.45, 7) is 2.91. The number of carbonyl (C=O) groups is 1. The van der Waals surface area contributed by atoms with Crippen LogP contribution in [0.3, 0.4) is 0 Å². The maximum atomic E-state index is 12.0. The van der Waals surface area contributed by atoms with Gasteiger partial charge in [0.1, 0.15) is 11.4 Å². The standard InChI is InChI=1S/C14H15N3O4/c1-9-12(17-21-16-9)8-13(18)15-11-4-2-3-10(7-11)14-19-5-6-20-14/h2-4,7,14H,5-6,8H2,1H3,(H,15,18). The summed E-state index contributed by atoms with van der Waals surface area (Å²) in [5, 5.41) is 10.1. The van der Waals surface area contributed by atoms with Crippen molar-refractivity contribution in [3.63, 3.8) is 0 Å². The Morgan fingerprint density at radius 2 is 2.14 bits per heavy atom. The molecule has 7 heteroatoms. The molecule has 0 unspecified atom stereocenters. The van der Waals surface area contributed by atoms with Crippen LogP contribution in [-0.2, 0) is 20.7 Å². The molecule has 1 aromatic heterocycles.